The van der Waals surface area contributed by atoms with Gasteiger partial charge in [-0.25, -0.2) is 14.8 Å². The van der Waals surface area contributed by atoms with Gasteiger partial charge in [-0.2, -0.15) is 0 Å². The van der Waals surface area contributed by atoms with Crippen LogP contribution in [0, 0.1) is 13.8 Å². The maximum Gasteiger partial charge on any atom is 0.346 e. The first kappa shape index (κ1) is 16.8. The van der Waals surface area contributed by atoms with E-state index in [1.54, 1.807) is 0 Å². The maximum absolute atomic E-state index is 11.5. The molecule has 1 fully saturated rings. The molecule has 0 spiro atoms. The van der Waals surface area contributed by atoms with Crippen LogP contribution in [0.1, 0.15) is 21.1 Å². The van der Waals surface area contributed by atoms with Crippen LogP contribution in [0.3, 0.4) is 0 Å². The fourth-order valence-corrected chi connectivity index (χ4v) is 4.53. The number of para-hydroxylation sites is 1. The number of thiophene rings is 1. The number of aromatic nitrogens is 2. The summed E-state index contributed by atoms with van der Waals surface area (Å²) in [6, 6.07) is 10.4. The summed E-state index contributed by atoms with van der Waals surface area (Å²) in [6.07, 6.45) is 0. The predicted molar refractivity (Wildman–Crippen MR) is 105 cm³/mol. The normalized spacial score (nSPS) is 14.8. The lowest BCUT2D eigenvalue weighted by Gasteiger charge is -2.37. The van der Waals surface area contributed by atoms with Crippen LogP contribution in [0.25, 0.3) is 10.2 Å². The van der Waals surface area contributed by atoms with Gasteiger partial charge in [-0.3, -0.25) is 0 Å². The van der Waals surface area contributed by atoms with Crippen LogP contribution in [0.15, 0.2) is 30.3 Å². The molecule has 0 atom stereocenters. The minimum absolute atomic E-state index is 0.351. The summed E-state index contributed by atoms with van der Waals surface area (Å²) in [5.74, 6) is 0.639. The first-order chi connectivity index (χ1) is 12.5. The number of carboxylic acids is 1. The molecule has 1 aliphatic rings. The summed E-state index contributed by atoms with van der Waals surface area (Å²) in [7, 11) is 0. The Balaban J connectivity index is 1.66. The number of benzene rings is 1. The van der Waals surface area contributed by atoms with Gasteiger partial charge in [-0.15, -0.1) is 11.3 Å². The first-order valence-corrected chi connectivity index (χ1v) is 9.42. The highest BCUT2D eigenvalue weighted by Crippen LogP contribution is 2.36. The third kappa shape index (κ3) is 2.88. The highest BCUT2D eigenvalue weighted by Gasteiger charge is 2.25. The van der Waals surface area contributed by atoms with E-state index < -0.39 is 5.97 Å². The number of nitrogens with zero attached hydrogens (tertiary/aromatic N) is 4. The molecule has 2 aromatic heterocycles. The third-order valence-corrected chi connectivity index (χ3v) is 5.95. The molecule has 0 radical (unpaired) electrons. The molecule has 134 valence electrons. The molecule has 1 saturated heterocycles. The number of rotatable bonds is 3. The minimum Gasteiger partial charge on any atom is -0.477 e. The van der Waals surface area contributed by atoms with Crippen molar-refractivity contribution < 1.29 is 9.90 Å². The van der Waals surface area contributed by atoms with Gasteiger partial charge in [0.05, 0.1) is 5.39 Å². The average molecular weight is 368 g/mol. The van der Waals surface area contributed by atoms with Gasteiger partial charge in [0.1, 0.15) is 21.3 Å². The van der Waals surface area contributed by atoms with E-state index in [9.17, 15) is 9.90 Å². The quantitative estimate of drug-likeness (QED) is 0.765. The standard InChI is InChI=1S/C19H20N4O2S/c1-12-15-17(20-13(2)21-18(15)26-16(12)19(24)25)23-10-8-22(9-11-23)14-6-4-3-5-7-14/h3-7H,8-11H2,1-2H3,(H,24,25). The molecular formula is C19H20N4O2S. The molecule has 0 saturated carbocycles. The van der Waals surface area contributed by atoms with Crippen molar-refractivity contribution in [3.63, 3.8) is 0 Å². The van der Waals surface area contributed by atoms with Crippen molar-refractivity contribution in [3.8, 4) is 0 Å². The summed E-state index contributed by atoms with van der Waals surface area (Å²) in [5.41, 5.74) is 1.99. The number of carbonyl (C=O) groups is 1. The Morgan fingerprint density at radius 2 is 1.69 bits per heavy atom. The molecule has 0 amide bonds. The maximum atomic E-state index is 11.5. The van der Waals surface area contributed by atoms with Crippen molar-refractivity contribution in [1.29, 1.82) is 0 Å². The van der Waals surface area contributed by atoms with Crippen molar-refractivity contribution in [2.24, 2.45) is 0 Å². The van der Waals surface area contributed by atoms with Crippen molar-refractivity contribution >= 4 is 39.0 Å². The van der Waals surface area contributed by atoms with E-state index in [1.807, 2.05) is 19.9 Å². The van der Waals surface area contributed by atoms with Crippen LogP contribution in [0.5, 0.6) is 0 Å². The molecular weight excluding hydrogens is 348 g/mol. The lowest BCUT2D eigenvalue weighted by molar-refractivity contribution is 0.0701. The highest BCUT2D eigenvalue weighted by atomic mass is 32.1. The Bertz CT molecular complexity index is 963. The Morgan fingerprint density at radius 3 is 2.35 bits per heavy atom. The number of anilines is 2. The zero-order valence-electron chi connectivity index (χ0n) is 14.8. The Hall–Kier alpha value is -2.67. The monoisotopic (exact) mass is 368 g/mol. The molecule has 0 unspecified atom stereocenters. The molecule has 6 nitrogen and oxygen atoms in total. The molecule has 26 heavy (non-hydrogen) atoms. The molecule has 0 bridgehead atoms. The Kier molecular flexibility index (Phi) is 4.24. The number of aromatic carboxylic acids is 1. The number of hydrogen-bond acceptors (Lipinski definition) is 6. The lowest BCUT2D eigenvalue weighted by Crippen LogP contribution is -2.47. The minimum atomic E-state index is -0.900. The van der Waals surface area contributed by atoms with Crippen LogP contribution >= 0.6 is 11.3 Å². The van der Waals surface area contributed by atoms with Gasteiger partial charge in [0, 0.05) is 31.9 Å². The van der Waals surface area contributed by atoms with Gasteiger partial charge in [0.15, 0.2) is 0 Å². The van der Waals surface area contributed by atoms with E-state index in [0.717, 1.165) is 47.8 Å². The van der Waals surface area contributed by atoms with Crippen LogP contribution in [-0.2, 0) is 0 Å². The van der Waals surface area contributed by atoms with E-state index in [1.165, 1.54) is 17.0 Å². The van der Waals surface area contributed by atoms with Crippen LogP contribution in [-0.4, -0.2) is 47.2 Å². The molecule has 1 aliphatic heterocycles. The van der Waals surface area contributed by atoms with Crippen molar-refractivity contribution in [2.45, 2.75) is 13.8 Å². The average Bonchev–Trinajstić information content (AvgIpc) is 2.99. The van der Waals surface area contributed by atoms with Gasteiger partial charge in [0.25, 0.3) is 0 Å². The third-order valence-electron chi connectivity index (χ3n) is 4.78. The molecule has 3 heterocycles. The summed E-state index contributed by atoms with van der Waals surface area (Å²) < 4.78 is 0. The number of aryl methyl sites for hydroxylation is 2. The zero-order chi connectivity index (χ0) is 18.3. The molecule has 1 aromatic carbocycles. The van der Waals surface area contributed by atoms with Crippen molar-refractivity contribution in [1.82, 2.24) is 9.97 Å². The smallest absolute Gasteiger partial charge is 0.346 e. The van der Waals surface area contributed by atoms with Gasteiger partial charge >= 0.3 is 5.97 Å². The SMILES string of the molecule is Cc1nc(N2CCN(c3ccccc3)CC2)c2c(C)c(C(=O)O)sc2n1. The van der Waals surface area contributed by atoms with E-state index in [4.69, 9.17) is 0 Å². The second-order valence-electron chi connectivity index (χ2n) is 6.45. The lowest BCUT2D eigenvalue weighted by atomic mass is 10.1. The fraction of sp³-hybridized carbons (Fsp3) is 0.316. The molecule has 3 aromatic rings. The number of hydrogen-bond donors (Lipinski definition) is 1. The van der Waals surface area contributed by atoms with Crippen LogP contribution in [0.4, 0.5) is 11.5 Å². The van der Waals surface area contributed by atoms with Crippen molar-refractivity contribution in [2.75, 3.05) is 36.0 Å². The number of carboxylic acid groups (broad SMARTS) is 1. The van der Waals surface area contributed by atoms with Crippen LogP contribution < -0.4 is 9.80 Å². The number of piperazine rings is 1. The first-order valence-electron chi connectivity index (χ1n) is 8.60. The molecule has 1 N–H and O–H groups in total. The van der Waals surface area contributed by atoms with Crippen LogP contribution in [0.2, 0.25) is 0 Å². The molecule has 0 aliphatic carbocycles. The van der Waals surface area contributed by atoms with E-state index in [2.05, 4.69) is 44.0 Å². The highest BCUT2D eigenvalue weighted by molar-refractivity contribution is 7.20. The Morgan fingerprint density at radius 1 is 1.04 bits per heavy atom. The summed E-state index contributed by atoms with van der Waals surface area (Å²) >= 11 is 1.23. The van der Waals surface area contributed by atoms with E-state index in [-0.39, 0.29) is 0 Å². The number of fused-ring (bicyclic) bond motifs is 1. The van der Waals surface area contributed by atoms with Gasteiger partial charge < -0.3 is 14.9 Å². The Labute approximate surface area is 155 Å². The molecule has 7 heteroatoms. The summed E-state index contributed by atoms with van der Waals surface area (Å²) in [6.45, 7) is 7.21. The molecule has 4 rings (SSSR count). The van der Waals surface area contributed by atoms with Gasteiger partial charge in [0.2, 0.25) is 0 Å². The second-order valence-corrected chi connectivity index (χ2v) is 7.44. The van der Waals surface area contributed by atoms with Gasteiger partial charge in [-0.05, 0) is 31.5 Å². The fourth-order valence-electron chi connectivity index (χ4n) is 3.47. The summed E-state index contributed by atoms with van der Waals surface area (Å²) in [4.78, 5) is 26.4. The largest absolute Gasteiger partial charge is 0.477 e. The van der Waals surface area contributed by atoms with E-state index >= 15 is 0 Å². The van der Waals surface area contributed by atoms with Gasteiger partial charge in [-0.1, -0.05) is 18.2 Å². The predicted octanol–water partition coefficient (Wildman–Crippen LogP) is 3.33. The van der Waals surface area contributed by atoms with Crippen molar-refractivity contribution in [3.05, 3.63) is 46.6 Å². The van der Waals surface area contributed by atoms with E-state index in [0.29, 0.717) is 10.7 Å². The summed E-state index contributed by atoms with van der Waals surface area (Å²) in [5, 5.41) is 10.3. The second kappa shape index (κ2) is 6.57. The zero-order valence-corrected chi connectivity index (χ0v) is 15.6. The topological polar surface area (TPSA) is 69.6 Å².